The summed E-state index contributed by atoms with van der Waals surface area (Å²) in [6.45, 7) is 7.66. The van der Waals surface area contributed by atoms with Crippen LogP contribution >= 0.6 is 11.3 Å². The number of nitrogens with one attached hydrogen (secondary N) is 3. The van der Waals surface area contributed by atoms with Crippen LogP contribution < -0.4 is 15.5 Å². The molecule has 0 bridgehead atoms. The molecular formula is C23H27N11OS. The first-order valence-corrected chi connectivity index (χ1v) is 12.4. The minimum atomic E-state index is -0.00198. The van der Waals surface area contributed by atoms with E-state index in [0.717, 1.165) is 43.1 Å². The van der Waals surface area contributed by atoms with Crippen molar-refractivity contribution in [2.75, 3.05) is 48.8 Å². The Kier molecular flexibility index (Phi) is 6.82. The molecule has 4 heterocycles. The number of H-pyrrole nitrogens is 1. The number of rotatable bonds is 8. The maximum Gasteiger partial charge on any atom is 0.232 e. The number of hydrogen-bond acceptors (Lipinski definition) is 12. The highest BCUT2D eigenvalue weighted by molar-refractivity contribution is 7.17. The summed E-state index contributed by atoms with van der Waals surface area (Å²) in [5, 5.41) is 21.3. The molecule has 0 saturated carbocycles. The molecule has 13 heteroatoms. The lowest BCUT2D eigenvalue weighted by atomic mass is 10.1. The first kappa shape index (κ1) is 23.8. The van der Waals surface area contributed by atoms with Gasteiger partial charge in [0.05, 0.1) is 10.6 Å². The van der Waals surface area contributed by atoms with Gasteiger partial charge in [-0.25, -0.2) is 4.98 Å². The van der Waals surface area contributed by atoms with Gasteiger partial charge in [0.2, 0.25) is 11.8 Å². The molecule has 4 aromatic rings. The van der Waals surface area contributed by atoms with Crippen molar-refractivity contribution in [1.29, 1.82) is 0 Å². The molecule has 3 aromatic heterocycles. The highest BCUT2D eigenvalue weighted by Gasteiger charge is 2.18. The number of anilines is 4. The topological polar surface area (TPSA) is 141 Å². The van der Waals surface area contributed by atoms with Crippen molar-refractivity contribution in [2.24, 2.45) is 0 Å². The predicted octanol–water partition coefficient (Wildman–Crippen LogP) is 2.73. The second kappa shape index (κ2) is 10.3. The molecular weight excluding hydrogens is 478 g/mol. The van der Waals surface area contributed by atoms with E-state index >= 15 is 0 Å². The zero-order valence-electron chi connectivity index (χ0n) is 20.3. The van der Waals surface area contributed by atoms with Crippen LogP contribution in [0.1, 0.15) is 27.9 Å². The van der Waals surface area contributed by atoms with Crippen LogP contribution in [0.4, 0.5) is 22.7 Å². The Labute approximate surface area is 212 Å². The standard InChI is InChI=1S/C23H27N11OS/c1-14-20(15(2)35)36-23(25-14)28-22-26-18(12-19(27-22)34-10-8-33(3)9-11-34)24-13-16-4-6-17(7-5-16)21-29-31-32-30-21/h4-7,12H,8-11,13H2,1-3H3,(H,29,30,31,32)(H2,24,25,26,27,28). The molecule has 1 saturated heterocycles. The van der Waals surface area contributed by atoms with Gasteiger partial charge in [-0.05, 0) is 24.7 Å². The lowest BCUT2D eigenvalue weighted by molar-refractivity contribution is 0.102. The highest BCUT2D eigenvalue weighted by Crippen LogP contribution is 2.27. The zero-order valence-corrected chi connectivity index (χ0v) is 21.1. The SMILES string of the molecule is CC(=O)c1sc(Nc2nc(NCc3ccc(-c4nn[nH]n4)cc3)cc(N3CCN(C)CC3)n2)nc1C. The fourth-order valence-corrected chi connectivity index (χ4v) is 4.75. The van der Waals surface area contributed by atoms with Crippen LogP contribution in [0, 0.1) is 6.92 Å². The van der Waals surface area contributed by atoms with E-state index in [1.165, 1.54) is 11.3 Å². The molecule has 12 nitrogen and oxygen atoms in total. The van der Waals surface area contributed by atoms with Gasteiger partial charge in [0.25, 0.3) is 0 Å². The molecule has 0 aliphatic carbocycles. The van der Waals surface area contributed by atoms with Gasteiger partial charge < -0.3 is 15.1 Å². The summed E-state index contributed by atoms with van der Waals surface area (Å²) in [5.74, 6) is 2.53. The number of hydrogen-bond donors (Lipinski definition) is 3. The average Bonchev–Trinajstić information content (AvgIpc) is 3.53. The van der Waals surface area contributed by atoms with Crippen molar-refractivity contribution in [3.05, 3.63) is 46.5 Å². The molecule has 3 N–H and O–H groups in total. The Morgan fingerprint density at radius 1 is 1.11 bits per heavy atom. The minimum Gasteiger partial charge on any atom is -0.366 e. The summed E-state index contributed by atoms with van der Waals surface area (Å²) in [5.41, 5.74) is 2.67. The second-order valence-corrected chi connectivity index (χ2v) is 9.63. The molecule has 0 unspecified atom stereocenters. The van der Waals surface area contributed by atoms with Crippen molar-refractivity contribution >= 4 is 39.8 Å². The van der Waals surface area contributed by atoms with Crippen LogP contribution in [0.25, 0.3) is 11.4 Å². The molecule has 1 aliphatic heterocycles. The smallest absolute Gasteiger partial charge is 0.232 e. The highest BCUT2D eigenvalue weighted by atomic mass is 32.1. The van der Waals surface area contributed by atoms with Crippen LogP contribution in [0.5, 0.6) is 0 Å². The monoisotopic (exact) mass is 505 g/mol. The van der Waals surface area contributed by atoms with E-state index < -0.39 is 0 Å². The van der Waals surface area contributed by atoms with Gasteiger partial charge >= 0.3 is 0 Å². The van der Waals surface area contributed by atoms with Crippen molar-refractivity contribution in [2.45, 2.75) is 20.4 Å². The maximum atomic E-state index is 11.9. The van der Waals surface area contributed by atoms with E-state index in [2.05, 4.69) is 58.1 Å². The summed E-state index contributed by atoms with van der Waals surface area (Å²) in [6, 6.07) is 9.92. The van der Waals surface area contributed by atoms with Gasteiger partial charge in [0.15, 0.2) is 10.9 Å². The Bertz CT molecular complexity index is 1330. The lowest BCUT2D eigenvalue weighted by Gasteiger charge is -2.33. The van der Waals surface area contributed by atoms with Gasteiger partial charge in [0.1, 0.15) is 11.6 Å². The second-order valence-electron chi connectivity index (χ2n) is 8.63. The molecule has 1 fully saturated rings. The van der Waals surface area contributed by atoms with Crippen LogP contribution in [-0.4, -0.2) is 79.5 Å². The van der Waals surface area contributed by atoms with E-state index in [1.54, 1.807) is 6.92 Å². The van der Waals surface area contributed by atoms with Crippen molar-refractivity contribution in [1.82, 2.24) is 40.5 Å². The van der Waals surface area contributed by atoms with Crippen LogP contribution in [0.3, 0.4) is 0 Å². The molecule has 1 aliphatic rings. The largest absolute Gasteiger partial charge is 0.366 e. The summed E-state index contributed by atoms with van der Waals surface area (Å²) >= 11 is 1.31. The van der Waals surface area contributed by atoms with Gasteiger partial charge in [0, 0.05) is 51.3 Å². The van der Waals surface area contributed by atoms with E-state index in [1.807, 2.05) is 37.3 Å². The number of thiazole rings is 1. The maximum absolute atomic E-state index is 11.9. The lowest BCUT2D eigenvalue weighted by Crippen LogP contribution is -2.44. The van der Waals surface area contributed by atoms with Crippen molar-refractivity contribution < 1.29 is 4.79 Å². The van der Waals surface area contributed by atoms with E-state index in [-0.39, 0.29) is 5.78 Å². The van der Waals surface area contributed by atoms with Crippen molar-refractivity contribution in [3.63, 3.8) is 0 Å². The van der Waals surface area contributed by atoms with E-state index in [4.69, 9.17) is 4.98 Å². The number of tetrazole rings is 1. The Balaban J connectivity index is 1.36. The van der Waals surface area contributed by atoms with Crippen molar-refractivity contribution in [3.8, 4) is 11.4 Å². The first-order chi connectivity index (χ1) is 17.4. The van der Waals surface area contributed by atoms with Gasteiger partial charge in [-0.2, -0.15) is 15.2 Å². The molecule has 5 rings (SSSR count). The molecule has 36 heavy (non-hydrogen) atoms. The molecule has 1 aromatic carbocycles. The Morgan fingerprint density at radius 2 is 1.89 bits per heavy atom. The summed E-state index contributed by atoms with van der Waals surface area (Å²) in [4.78, 5) is 31.0. The third-order valence-electron chi connectivity index (χ3n) is 5.91. The van der Waals surface area contributed by atoms with E-state index in [9.17, 15) is 4.79 Å². The third-order valence-corrected chi connectivity index (χ3v) is 7.08. The number of likely N-dealkylation sites (N-methyl/N-ethyl adjacent to an activating group) is 1. The predicted molar refractivity (Wildman–Crippen MR) is 139 cm³/mol. The number of aromatic amines is 1. The summed E-state index contributed by atoms with van der Waals surface area (Å²) in [6.07, 6.45) is 0. The minimum absolute atomic E-state index is 0.00198. The van der Waals surface area contributed by atoms with Crippen LogP contribution in [0.15, 0.2) is 30.3 Å². The Morgan fingerprint density at radius 3 is 2.56 bits per heavy atom. The number of carbonyl (C=O) groups excluding carboxylic acids is 1. The van der Waals surface area contributed by atoms with Gasteiger partial charge in [-0.3, -0.25) is 10.1 Å². The molecule has 0 amide bonds. The van der Waals surface area contributed by atoms with Gasteiger partial charge in [-0.15, -0.1) is 10.2 Å². The third kappa shape index (κ3) is 5.47. The molecule has 0 atom stereocenters. The first-order valence-electron chi connectivity index (χ1n) is 11.6. The molecule has 0 spiro atoms. The van der Waals surface area contributed by atoms with Gasteiger partial charge in [-0.1, -0.05) is 35.6 Å². The number of aryl methyl sites for hydroxylation is 1. The number of ketones is 1. The fraction of sp³-hybridized carbons (Fsp3) is 0.348. The van der Waals surface area contributed by atoms with Crippen LogP contribution in [-0.2, 0) is 6.54 Å². The summed E-state index contributed by atoms with van der Waals surface area (Å²) in [7, 11) is 2.12. The normalized spacial score (nSPS) is 14.1. The molecule has 0 radical (unpaired) electrons. The number of piperazine rings is 1. The fourth-order valence-electron chi connectivity index (χ4n) is 3.90. The number of aromatic nitrogens is 7. The van der Waals surface area contributed by atoms with Crippen LogP contribution in [0.2, 0.25) is 0 Å². The zero-order chi connectivity index (χ0) is 25.1. The average molecular weight is 506 g/mol. The number of carbonyl (C=O) groups is 1. The molecule has 186 valence electrons. The number of Topliss-reactive ketones (excluding diaryl/α,β-unsaturated/α-hetero) is 1. The number of nitrogens with zero attached hydrogens (tertiary/aromatic N) is 8. The number of benzene rings is 1. The summed E-state index contributed by atoms with van der Waals surface area (Å²) < 4.78 is 0. The quantitative estimate of drug-likeness (QED) is 0.304. The van der Waals surface area contributed by atoms with E-state index in [0.29, 0.717) is 39.8 Å². The Hall–Kier alpha value is -3.97.